The highest BCUT2D eigenvalue weighted by atomic mass is 16.4. The van der Waals surface area contributed by atoms with Crippen LogP contribution in [0, 0.1) is 0 Å². The van der Waals surface area contributed by atoms with Gasteiger partial charge in [-0.25, -0.2) is 0 Å². The molecule has 0 aromatic rings. The van der Waals surface area contributed by atoms with Crippen molar-refractivity contribution >= 4 is 11.9 Å². The molecule has 0 bridgehead atoms. The maximum Gasteiger partial charge on any atom is 0.533 e. The highest BCUT2D eigenvalue weighted by Gasteiger charge is 2.18. The molecular formula is C3H6O4+2. The Balaban J connectivity index is 3.32. The molecule has 0 rings (SSSR count). The van der Waals surface area contributed by atoms with Gasteiger partial charge in [0.15, 0.2) is 0 Å². The minimum Gasteiger partial charge on any atom is -0.564 e. The van der Waals surface area contributed by atoms with Crippen LogP contribution in [0.2, 0.25) is 0 Å². The molecule has 40 valence electrons. The summed E-state index contributed by atoms with van der Waals surface area (Å²) in [5.74, 6) is -2.00. The van der Waals surface area contributed by atoms with E-state index in [1.807, 2.05) is 0 Å². The van der Waals surface area contributed by atoms with Crippen LogP contribution in [0.4, 0.5) is 0 Å². The maximum absolute atomic E-state index is 9.58. The number of carbonyl (C=O) groups excluding carboxylic acids is 2. The molecule has 0 saturated heterocycles. The van der Waals surface area contributed by atoms with Crippen LogP contribution in [0.15, 0.2) is 0 Å². The molecule has 0 aliphatic rings. The van der Waals surface area contributed by atoms with E-state index in [0.717, 1.165) is 0 Å². The fraction of sp³-hybridized carbons (Fsp3) is 0.333. The summed E-state index contributed by atoms with van der Waals surface area (Å²) in [6, 6.07) is 0. The highest BCUT2D eigenvalue weighted by Crippen LogP contribution is 1.74. The van der Waals surface area contributed by atoms with Gasteiger partial charge in [0.1, 0.15) is 0 Å². The summed E-state index contributed by atoms with van der Waals surface area (Å²) >= 11 is 0. The Bertz CT molecular complexity index is 83.1. The van der Waals surface area contributed by atoms with Gasteiger partial charge in [0.05, 0.1) is 0 Å². The molecule has 4 heteroatoms. The van der Waals surface area contributed by atoms with E-state index in [1.54, 1.807) is 0 Å². The lowest BCUT2D eigenvalue weighted by Gasteiger charge is -1.68. The Hall–Kier alpha value is -1.06. The van der Waals surface area contributed by atoms with Gasteiger partial charge in [-0.05, 0) is 0 Å². The molecule has 0 spiro atoms. The average molecular weight is 106 g/mol. The van der Waals surface area contributed by atoms with E-state index in [0.29, 0.717) is 0 Å². The molecule has 7 heavy (non-hydrogen) atoms. The fourth-order valence-corrected chi connectivity index (χ4v) is 0.146. The summed E-state index contributed by atoms with van der Waals surface area (Å²) < 4.78 is 0. The molecule has 0 aromatic heterocycles. The molecule has 0 fully saturated rings. The summed E-state index contributed by atoms with van der Waals surface area (Å²) in [7, 11) is 0. The number of hydrogen-bond donors (Lipinski definition) is 0. The normalized spacial score (nSPS) is 8.00. The predicted molar refractivity (Wildman–Crippen MR) is 21.9 cm³/mol. The third-order valence-corrected chi connectivity index (χ3v) is 0.321. The minimum atomic E-state index is -1.00. The van der Waals surface area contributed by atoms with Crippen molar-refractivity contribution in [1.29, 1.82) is 0 Å². The Morgan fingerprint density at radius 1 is 1.14 bits per heavy atom. The van der Waals surface area contributed by atoms with Crippen molar-refractivity contribution in [2.75, 3.05) is 0 Å². The van der Waals surface area contributed by atoms with Gasteiger partial charge in [0.25, 0.3) is 6.42 Å². The Morgan fingerprint density at radius 2 is 1.43 bits per heavy atom. The van der Waals surface area contributed by atoms with Crippen molar-refractivity contribution < 1.29 is 19.8 Å². The SMILES string of the molecule is O=C([OH2+])CC(=O)[OH2+]. The van der Waals surface area contributed by atoms with E-state index in [1.165, 1.54) is 0 Å². The van der Waals surface area contributed by atoms with Gasteiger partial charge in [-0.3, -0.25) is 0 Å². The second-order valence-corrected chi connectivity index (χ2v) is 1.02. The maximum atomic E-state index is 9.58. The second kappa shape index (κ2) is 2.17. The van der Waals surface area contributed by atoms with Crippen LogP contribution >= 0.6 is 0 Å². The van der Waals surface area contributed by atoms with Crippen molar-refractivity contribution in [3.05, 3.63) is 0 Å². The van der Waals surface area contributed by atoms with Gasteiger partial charge in [-0.15, -0.1) is 0 Å². The molecule has 0 aromatic carbocycles. The monoisotopic (exact) mass is 106 g/mol. The molecule has 0 heterocycles. The Morgan fingerprint density at radius 3 is 1.43 bits per heavy atom. The van der Waals surface area contributed by atoms with Crippen molar-refractivity contribution in [2.45, 2.75) is 6.42 Å². The molecule has 0 amide bonds. The molecular weight excluding hydrogens is 100 g/mol. The van der Waals surface area contributed by atoms with Gasteiger partial charge in [0, 0.05) is 9.59 Å². The first-order valence-corrected chi connectivity index (χ1v) is 1.62. The topological polar surface area (TPSA) is 79.9 Å². The van der Waals surface area contributed by atoms with Crippen molar-refractivity contribution in [3.63, 3.8) is 0 Å². The minimum absolute atomic E-state index is 0.583. The first-order valence-electron chi connectivity index (χ1n) is 1.62. The van der Waals surface area contributed by atoms with Crippen molar-refractivity contribution in [1.82, 2.24) is 0 Å². The van der Waals surface area contributed by atoms with E-state index < -0.39 is 18.4 Å². The number of rotatable bonds is 2. The predicted octanol–water partition coefficient (Wildman–Crippen LogP) is -2.12. The lowest BCUT2D eigenvalue weighted by atomic mass is 10.5. The molecule has 0 aliphatic heterocycles. The summed E-state index contributed by atoms with van der Waals surface area (Å²) in [5, 5.41) is 12.3. The molecule has 0 radical (unpaired) electrons. The molecule has 0 unspecified atom stereocenters. The Kier molecular flexibility index (Phi) is 1.84. The number of hydrogen-bond acceptors (Lipinski definition) is 2. The third-order valence-electron chi connectivity index (χ3n) is 0.321. The van der Waals surface area contributed by atoms with Gasteiger partial charge in [-0.1, -0.05) is 0 Å². The van der Waals surface area contributed by atoms with E-state index in [4.69, 9.17) is 10.2 Å². The van der Waals surface area contributed by atoms with Crippen LogP contribution in [0.1, 0.15) is 6.42 Å². The average Bonchev–Trinajstić information content (AvgIpc) is 1.27. The zero-order chi connectivity index (χ0) is 5.86. The molecule has 4 nitrogen and oxygen atoms in total. The summed E-state index contributed by atoms with van der Waals surface area (Å²) in [5.41, 5.74) is 0. The molecule has 0 aliphatic carbocycles. The summed E-state index contributed by atoms with van der Waals surface area (Å²) in [4.78, 5) is 19.2. The van der Waals surface area contributed by atoms with E-state index >= 15 is 0 Å². The van der Waals surface area contributed by atoms with Crippen LogP contribution in [0.3, 0.4) is 0 Å². The molecule has 0 atom stereocenters. The van der Waals surface area contributed by atoms with Crippen LogP contribution < -0.4 is 0 Å². The van der Waals surface area contributed by atoms with Gasteiger partial charge in [0.2, 0.25) is 0 Å². The van der Waals surface area contributed by atoms with E-state index in [9.17, 15) is 9.59 Å². The quantitative estimate of drug-likeness (QED) is 0.298. The molecule has 4 N–H and O–H groups in total. The van der Waals surface area contributed by atoms with E-state index in [-0.39, 0.29) is 0 Å². The van der Waals surface area contributed by atoms with Gasteiger partial charge >= 0.3 is 11.9 Å². The smallest absolute Gasteiger partial charge is 0.533 e. The third kappa shape index (κ3) is 4.94. The fourth-order valence-electron chi connectivity index (χ4n) is 0.146. The summed E-state index contributed by atoms with van der Waals surface area (Å²) in [6.45, 7) is 0. The highest BCUT2D eigenvalue weighted by molar-refractivity contribution is 5.88. The standard InChI is InChI=1S/C3H4O4/c4-2(5)1-3(6)7/h1H2,(H,4,5)(H,6,7)/p+2. The zero-order valence-electron chi connectivity index (χ0n) is 3.52. The van der Waals surface area contributed by atoms with E-state index in [2.05, 4.69) is 0 Å². The van der Waals surface area contributed by atoms with Gasteiger partial charge < -0.3 is 10.2 Å². The summed E-state index contributed by atoms with van der Waals surface area (Å²) in [6.07, 6.45) is -0.583. The Labute approximate surface area is 39.4 Å². The van der Waals surface area contributed by atoms with Gasteiger partial charge in [-0.2, -0.15) is 0 Å². The first-order chi connectivity index (χ1) is 3.13. The lowest BCUT2D eigenvalue weighted by molar-refractivity contribution is -0.147. The van der Waals surface area contributed by atoms with Crippen LogP contribution in [0.25, 0.3) is 0 Å². The number of carbonyl (C=O) groups is 2. The second-order valence-electron chi connectivity index (χ2n) is 1.02. The van der Waals surface area contributed by atoms with Crippen LogP contribution in [0.5, 0.6) is 0 Å². The van der Waals surface area contributed by atoms with Crippen molar-refractivity contribution in [3.8, 4) is 0 Å². The lowest BCUT2D eigenvalue weighted by Crippen LogP contribution is -2.03. The largest absolute Gasteiger partial charge is 0.564 e. The molecule has 0 saturated carbocycles. The zero-order valence-corrected chi connectivity index (χ0v) is 3.52. The van der Waals surface area contributed by atoms with Crippen LogP contribution in [-0.2, 0) is 9.59 Å². The van der Waals surface area contributed by atoms with Crippen LogP contribution in [-0.4, -0.2) is 22.2 Å². The van der Waals surface area contributed by atoms with Crippen molar-refractivity contribution in [2.24, 2.45) is 0 Å². The first kappa shape index (κ1) is 5.94.